The Bertz CT molecular complexity index is 823. The van der Waals surface area contributed by atoms with Gasteiger partial charge in [-0.25, -0.2) is 0 Å². The van der Waals surface area contributed by atoms with Gasteiger partial charge >= 0.3 is 6.61 Å². The van der Waals surface area contributed by atoms with Crippen molar-refractivity contribution in [2.45, 2.75) is 6.61 Å². The van der Waals surface area contributed by atoms with Crippen molar-refractivity contribution in [3.8, 4) is 16.3 Å². The third-order valence-corrected chi connectivity index (χ3v) is 3.90. The first-order valence-electron chi connectivity index (χ1n) is 6.87. The third-order valence-electron chi connectivity index (χ3n) is 3.01. The summed E-state index contributed by atoms with van der Waals surface area (Å²) in [6, 6.07) is 14.9. The molecule has 24 heavy (non-hydrogen) atoms. The molecule has 0 unspecified atom stereocenters. The van der Waals surface area contributed by atoms with Crippen LogP contribution in [0.25, 0.3) is 10.6 Å². The number of rotatable bonds is 5. The zero-order valence-corrected chi connectivity index (χ0v) is 13.0. The summed E-state index contributed by atoms with van der Waals surface area (Å²) in [5, 5.41) is 11.6. The van der Waals surface area contributed by atoms with Gasteiger partial charge in [0.1, 0.15) is 10.8 Å². The van der Waals surface area contributed by atoms with Crippen LogP contribution in [0.4, 0.5) is 13.9 Å². The van der Waals surface area contributed by atoms with Crippen molar-refractivity contribution in [3.63, 3.8) is 0 Å². The monoisotopic (exact) mass is 347 g/mol. The van der Waals surface area contributed by atoms with Gasteiger partial charge in [0.2, 0.25) is 5.13 Å². The van der Waals surface area contributed by atoms with Gasteiger partial charge in [0.05, 0.1) is 0 Å². The van der Waals surface area contributed by atoms with Crippen molar-refractivity contribution < 1.29 is 18.3 Å². The standard InChI is InChI=1S/C16H11F2N3O2S/c17-15(18)23-12-8-6-10(7-9-12)13(22)19-16-21-20-14(24-16)11-4-2-1-3-5-11/h1-9,15H,(H,19,21,22). The van der Waals surface area contributed by atoms with Crippen molar-refractivity contribution in [1.29, 1.82) is 0 Å². The van der Waals surface area contributed by atoms with Crippen molar-refractivity contribution >= 4 is 22.4 Å². The van der Waals surface area contributed by atoms with E-state index in [2.05, 4.69) is 20.3 Å². The van der Waals surface area contributed by atoms with Crippen LogP contribution in [0.2, 0.25) is 0 Å². The zero-order valence-electron chi connectivity index (χ0n) is 12.1. The predicted molar refractivity (Wildman–Crippen MR) is 86.4 cm³/mol. The normalized spacial score (nSPS) is 10.6. The first kappa shape index (κ1) is 16.0. The number of halogens is 2. The lowest BCUT2D eigenvalue weighted by molar-refractivity contribution is -0.0498. The highest BCUT2D eigenvalue weighted by molar-refractivity contribution is 7.18. The Kier molecular flexibility index (Phi) is 4.76. The Labute approximate surface area is 139 Å². The highest BCUT2D eigenvalue weighted by Gasteiger charge is 2.12. The molecule has 0 bridgehead atoms. The smallest absolute Gasteiger partial charge is 0.387 e. The molecular formula is C16H11F2N3O2S. The fourth-order valence-corrected chi connectivity index (χ4v) is 2.67. The van der Waals surface area contributed by atoms with Crippen LogP contribution in [-0.4, -0.2) is 22.7 Å². The first-order valence-corrected chi connectivity index (χ1v) is 7.68. The topological polar surface area (TPSA) is 64.1 Å². The quantitative estimate of drug-likeness (QED) is 0.756. The molecule has 0 spiro atoms. The number of ether oxygens (including phenoxy) is 1. The summed E-state index contributed by atoms with van der Waals surface area (Å²) in [6.07, 6.45) is 0. The summed E-state index contributed by atoms with van der Waals surface area (Å²) in [5.41, 5.74) is 1.21. The van der Waals surface area contributed by atoms with E-state index in [0.717, 1.165) is 5.56 Å². The Morgan fingerprint density at radius 2 is 1.75 bits per heavy atom. The number of alkyl halides is 2. The molecule has 0 radical (unpaired) electrons. The van der Waals surface area contributed by atoms with E-state index < -0.39 is 12.5 Å². The van der Waals surface area contributed by atoms with Gasteiger partial charge in [-0.15, -0.1) is 10.2 Å². The molecule has 3 rings (SSSR count). The molecule has 0 saturated carbocycles. The molecule has 0 aliphatic carbocycles. The first-order chi connectivity index (χ1) is 11.6. The molecule has 1 amide bonds. The van der Waals surface area contributed by atoms with Crippen molar-refractivity contribution in [2.24, 2.45) is 0 Å². The van der Waals surface area contributed by atoms with E-state index in [1.807, 2.05) is 30.3 Å². The Balaban J connectivity index is 1.68. The number of aromatic nitrogens is 2. The molecule has 5 nitrogen and oxygen atoms in total. The van der Waals surface area contributed by atoms with Crippen LogP contribution in [0.1, 0.15) is 10.4 Å². The highest BCUT2D eigenvalue weighted by Crippen LogP contribution is 2.26. The molecule has 0 atom stereocenters. The number of anilines is 1. The van der Waals surface area contributed by atoms with Crippen molar-refractivity contribution in [1.82, 2.24) is 10.2 Å². The number of carbonyl (C=O) groups is 1. The molecule has 0 saturated heterocycles. The lowest BCUT2D eigenvalue weighted by Gasteiger charge is -2.05. The van der Waals surface area contributed by atoms with E-state index in [1.54, 1.807) is 0 Å². The maximum absolute atomic E-state index is 12.1. The van der Waals surface area contributed by atoms with E-state index in [4.69, 9.17) is 0 Å². The highest BCUT2D eigenvalue weighted by atomic mass is 32.1. The van der Waals surface area contributed by atoms with Gasteiger partial charge in [0.25, 0.3) is 5.91 Å². The van der Waals surface area contributed by atoms with Crippen LogP contribution < -0.4 is 10.1 Å². The minimum atomic E-state index is -2.90. The van der Waals surface area contributed by atoms with Crippen LogP contribution in [0.3, 0.4) is 0 Å². The molecule has 2 aromatic carbocycles. The maximum Gasteiger partial charge on any atom is 0.387 e. The second-order valence-corrected chi connectivity index (χ2v) is 5.61. The van der Waals surface area contributed by atoms with Crippen LogP contribution in [-0.2, 0) is 0 Å². The average molecular weight is 347 g/mol. The summed E-state index contributed by atoms with van der Waals surface area (Å²) in [7, 11) is 0. The SMILES string of the molecule is O=C(Nc1nnc(-c2ccccc2)s1)c1ccc(OC(F)F)cc1. The minimum absolute atomic E-state index is 0.0103. The molecule has 1 heterocycles. The van der Waals surface area contributed by atoms with Gasteiger partial charge in [-0.05, 0) is 24.3 Å². The third kappa shape index (κ3) is 3.90. The predicted octanol–water partition coefficient (Wildman–Crippen LogP) is 4.06. The van der Waals surface area contributed by atoms with E-state index in [9.17, 15) is 13.6 Å². The number of amides is 1. The lowest BCUT2D eigenvalue weighted by Crippen LogP contribution is -2.11. The van der Waals surface area contributed by atoms with Crippen molar-refractivity contribution in [3.05, 3.63) is 60.2 Å². The minimum Gasteiger partial charge on any atom is -0.435 e. The molecule has 3 aromatic rings. The van der Waals surface area contributed by atoms with Gasteiger partial charge in [-0.2, -0.15) is 8.78 Å². The molecule has 0 aliphatic heterocycles. The summed E-state index contributed by atoms with van der Waals surface area (Å²) >= 11 is 1.24. The molecule has 0 aliphatic rings. The molecule has 1 aromatic heterocycles. The molecular weight excluding hydrogens is 336 g/mol. The number of nitrogens with zero attached hydrogens (tertiary/aromatic N) is 2. The van der Waals surface area contributed by atoms with Gasteiger partial charge in [-0.3, -0.25) is 10.1 Å². The van der Waals surface area contributed by atoms with Gasteiger partial charge in [0, 0.05) is 11.1 Å². The average Bonchev–Trinajstić information content (AvgIpc) is 3.04. The fraction of sp³-hybridized carbons (Fsp3) is 0.0625. The summed E-state index contributed by atoms with van der Waals surface area (Å²) in [5.74, 6) is -0.418. The van der Waals surface area contributed by atoms with Crippen LogP contribution in [0.5, 0.6) is 5.75 Å². The van der Waals surface area contributed by atoms with Crippen LogP contribution >= 0.6 is 11.3 Å². The van der Waals surface area contributed by atoms with Gasteiger partial charge in [-0.1, -0.05) is 41.7 Å². The zero-order chi connectivity index (χ0) is 16.9. The summed E-state index contributed by atoms with van der Waals surface area (Å²) in [6.45, 7) is -2.90. The summed E-state index contributed by atoms with van der Waals surface area (Å²) < 4.78 is 28.4. The molecule has 1 N–H and O–H groups in total. The lowest BCUT2D eigenvalue weighted by atomic mass is 10.2. The number of hydrogen-bond donors (Lipinski definition) is 1. The Morgan fingerprint density at radius 1 is 1.04 bits per heavy atom. The number of hydrogen-bond acceptors (Lipinski definition) is 5. The molecule has 8 heteroatoms. The van der Waals surface area contributed by atoms with Gasteiger partial charge in [0.15, 0.2) is 0 Å². The van der Waals surface area contributed by atoms with Crippen molar-refractivity contribution in [2.75, 3.05) is 5.32 Å². The molecule has 0 fully saturated rings. The number of nitrogens with one attached hydrogen (secondary N) is 1. The van der Waals surface area contributed by atoms with E-state index in [-0.39, 0.29) is 5.75 Å². The van der Waals surface area contributed by atoms with Gasteiger partial charge < -0.3 is 4.74 Å². The van der Waals surface area contributed by atoms with Crippen LogP contribution in [0, 0.1) is 0 Å². The van der Waals surface area contributed by atoms with Crippen LogP contribution in [0.15, 0.2) is 54.6 Å². The maximum atomic E-state index is 12.1. The van der Waals surface area contributed by atoms with E-state index in [1.165, 1.54) is 35.6 Å². The number of carbonyl (C=O) groups excluding carboxylic acids is 1. The Hall–Kier alpha value is -2.87. The molecule has 122 valence electrons. The van der Waals surface area contributed by atoms with E-state index >= 15 is 0 Å². The fourth-order valence-electron chi connectivity index (χ4n) is 1.93. The summed E-state index contributed by atoms with van der Waals surface area (Å²) in [4.78, 5) is 12.1. The Morgan fingerprint density at radius 3 is 2.42 bits per heavy atom. The van der Waals surface area contributed by atoms with E-state index in [0.29, 0.717) is 15.7 Å². The second kappa shape index (κ2) is 7.14. The second-order valence-electron chi connectivity index (χ2n) is 4.64. The number of benzene rings is 2. The largest absolute Gasteiger partial charge is 0.435 e.